The van der Waals surface area contributed by atoms with Gasteiger partial charge in [0.25, 0.3) is 0 Å². The first-order valence-electron chi connectivity index (χ1n) is 6.18. The second-order valence-corrected chi connectivity index (χ2v) is 6.99. The van der Waals surface area contributed by atoms with Gasteiger partial charge in [0.2, 0.25) is 0 Å². The van der Waals surface area contributed by atoms with Gasteiger partial charge in [-0.1, -0.05) is 32.5 Å². The molecule has 0 aromatic rings. The Balaban J connectivity index is 2.24. The summed E-state index contributed by atoms with van der Waals surface area (Å²) in [6.07, 6.45) is 1.23. The lowest BCUT2D eigenvalue weighted by molar-refractivity contribution is 0.540. The molecule has 1 aliphatic rings. The van der Waals surface area contributed by atoms with Crippen molar-refractivity contribution in [3.05, 3.63) is 0 Å². The van der Waals surface area contributed by atoms with Crippen LogP contribution in [0.4, 0.5) is 0 Å². The number of rotatable bonds is 6. The molecule has 4 heteroatoms. The summed E-state index contributed by atoms with van der Waals surface area (Å²) in [6.45, 7) is 8.97. The smallest absolute Gasteiger partial charge is 0.157 e. The van der Waals surface area contributed by atoms with Crippen molar-refractivity contribution in [3.63, 3.8) is 0 Å². The van der Waals surface area contributed by atoms with Gasteiger partial charge in [0.15, 0.2) is 5.17 Å². The third-order valence-corrected chi connectivity index (χ3v) is 4.65. The summed E-state index contributed by atoms with van der Waals surface area (Å²) in [6, 6.07) is 1.07. The molecule has 0 aliphatic carbocycles. The zero-order chi connectivity index (χ0) is 12.0. The van der Waals surface area contributed by atoms with Crippen LogP contribution in [0.25, 0.3) is 0 Å². The predicted octanol–water partition coefficient (Wildman–Crippen LogP) is 3.24. The van der Waals surface area contributed by atoms with Crippen LogP contribution >= 0.6 is 23.5 Å². The number of amidine groups is 1. The van der Waals surface area contributed by atoms with E-state index < -0.39 is 0 Å². The molecule has 16 heavy (non-hydrogen) atoms. The van der Waals surface area contributed by atoms with Crippen molar-refractivity contribution >= 4 is 28.7 Å². The van der Waals surface area contributed by atoms with E-state index in [2.05, 4.69) is 33.0 Å². The van der Waals surface area contributed by atoms with Gasteiger partial charge >= 0.3 is 0 Å². The average molecular weight is 260 g/mol. The molecule has 0 saturated carbocycles. The number of nitrogens with zero attached hydrogens (tertiary/aromatic N) is 1. The Morgan fingerprint density at radius 2 is 2.25 bits per heavy atom. The van der Waals surface area contributed by atoms with Gasteiger partial charge < -0.3 is 5.32 Å². The lowest BCUT2D eigenvalue weighted by Crippen LogP contribution is -2.30. The van der Waals surface area contributed by atoms with Crippen LogP contribution < -0.4 is 5.32 Å². The molecule has 1 aliphatic heterocycles. The maximum Gasteiger partial charge on any atom is 0.157 e. The van der Waals surface area contributed by atoms with Crippen LogP contribution in [0.5, 0.6) is 0 Å². The zero-order valence-electron chi connectivity index (χ0n) is 10.8. The van der Waals surface area contributed by atoms with Crippen LogP contribution in [-0.4, -0.2) is 34.5 Å². The van der Waals surface area contributed by atoms with Gasteiger partial charge in [0, 0.05) is 11.8 Å². The highest BCUT2D eigenvalue weighted by Crippen LogP contribution is 2.22. The van der Waals surface area contributed by atoms with Crippen molar-refractivity contribution in [1.82, 2.24) is 5.32 Å². The lowest BCUT2D eigenvalue weighted by Gasteiger charge is -2.13. The number of thioether (sulfide) groups is 2. The molecule has 94 valence electrons. The molecule has 0 bridgehead atoms. The Kier molecular flexibility index (Phi) is 6.66. The van der Waals surface area contributed by atoms with Gasteiger partial charge in [-0.2, -0.15) is 11.8 Å². The standard InChI is InChI=1S/C12H24N2S2/c1-5-15-7-6-10(4)13-12-14-11(8-16-12)9(2)3/h9-11H,5-8H2,1-4H3,(H,13,14). The first-order chi connectivity index (χ1) is 7.63. The van der Waals surface area contributed by atoms with Crippen LogP contribution in [0, 0.1) is 5.92 Å². The van der Waals surface area contributed by atoms with Crippen LogP contribution in [0.15, 0.2) is 4.99 Å². The van der Waals surface area contributed by atoms with Gasteiger partial charge in [0.1, 0.15) is 0 Å². The Morgan fingerprint density at radius 3 is 2.81 bits per heavy atom. The molecule has 1 rings (SSSR count). The topological polar surface area (TPSA) is 24.4 Å². The van der Waals surface area contributed by atoms with Crippen LogP contribution in [0.3, 0.4) is 0 Å². The zero-order valence-corrected chi connectivity index (χ0v) is 12.5. The molecule has 0 aromatic carbocycles. The van der Waals surface area contributed by atoms with Crippen molar-refractivity contribution in [2.45, 2.75) is 46.2 Å². The van der Waals surface area contributed by atoms with E-state index in [1.807, 2.05) is 23.5 Å². The lowest BCUT2D eigenvalue weighted by atomic mass is 10.1. The molecule has 0 fully saturated rings. The molecule has 0 aromatic heterocycles. The molecule has 2 nitrogen and oxygen atoms in total. The second-order valence-electron chi connectivity index (χ2n) is 4.59. The minimum atomic E-state index is 0.518. The summed E-state index contributed by atoms with van der Waals surface area (Å²) in [4.78, 5) is 4.72. The maximum absolute atomic E-state index is 4.72. The first kappa shape index (κ1) is 14.2. The molecule has 0 saturated heterocycles. The summed E-state index contributed by atoms with van der Waals surface area (Å²) in [5.41, 5.74) is 0. The summed E-state index contributed by atoms with van der Waals surface area (Å²) >= 11 is 3.89. The molecule has 0 radical (unpaired) electrons. The highest BCUT2D eigenvalue weighted by Gasteiger charge is 2.21. The van der Waals surface area contributed by atoms with Crippen molar-refractivity contribution in [2.24, 2.45) is 10.9 Å². The van der Waals surface area contributed by atoms with Crippen LogP contribution in [-0.2, 0) is 0 Å². The summed E-state index contributed by atoms with van der Waals surface area (Å²) in [5, 5.41) is 4.68. The van der Waals surface area contributed by atoms with Crippen molar-refractivity contribution < 1.29 is 0 Å². The van der Waals surface area contributed by atoms with E-state index in [-0.39, 0.29) is 0 Å². The van der Waals surface area contributed by atoms with E-state index in [0.717, 1.165) is 10.9 Å². The SMILES string of the molecule is CCSCCC(C)NC1=NC(C(C)C)CS1. The fourth-order valence-corrected chi connectivity index (χ4v) is 3.59. The number of hydrogen-bond acceptors (Lipinski definition) is 4. The fourth-order valence-electron chi connectivity index (χ4n) is 1.50. The van der Waals surface area contributed by atoms with Gasteiger partial charge in [-0.15, -0.1) is 0 Å². The molecule has 1 N–H and O–H groups in total. The van der Waals surface area contributed by atoms with Gasteiger partial charge in [-0.3, -0.25) is 4.99 Å². The number of aliphatic imine (C=N–C) groups is 1. The Labute approximate surface area is 108 Å². The largest absolute Gasteiger partial charge is 0.362 e. The second kappa shape index (κ2) is 7.49. The highest BCUT2D eigenvalue weighted by molar-refractivity contribution is 8.14. The third-order valence-electron chi connectivity index (χ3n) is 2.71. The van der Waals surface area contributed by atoms with E-state index in [9.17, 15) is 0 Å². The van der Waals surface area contributed by atoms with Crippen LogP contribution in [0.2, 0.25) is 0 Å². The molecule has 1 heterocycles. The normalized spacial score (nSPS) is 22.3. The molecule has 2 atom stereocenters. The van der Waals surface area contributed by atoms with E-state index >= 15 is 0 Å². The Bertz CT molecular complexity index is 229. The van der Waals surface area contributed by atoms with E-state index in [1.165, 1.54) is 17.9 Å². The van der Waals surface area contributed by atoms with Gasteiger partial charge in [-0.25, -0.2) is 0 Å². The first-order valence-corrected chi connectivity index (χ1v) is 8.32. The monoisotopic (exact) mass is 260 g/mol. The average Bonchev–Trinajstić information content (AvgIpc) is 2.66. The summed E-state index contributed by atoms with van der Waals surface area (Å²) < 4.78 is 0. The minimum Gasteiger partial charge on any atom is -0.362 e. The number of nitrogens with one attached hydrogen (secondary N) is 1. The van der Waals surface area contributed by atoms with Crippen molar-refractivity contribution in [1.29, 1.82) is 0 Å². The third kappa shape index (κ3) is 5.00. The minimum absolute atomic E-state index is 0.518. The van der Waals surface area contributed by atoms with Gasteiger partial charge in [-0.05, 0) is 30.8 Å². The van der Waals surface area contributed by atoms with Gasteiger partial charge in [0.05, 0.1) is 6.04 Å². The molecule has 0 spiro atoms. The Morgan fingerprint density at radius 1 is 1.50 bits per heavy atom. The van der Waals surface area contributed by atoms with Crippen molar-refractivity contribution in [2.75, 3.05) is 17.3 Å². The van der Waals surface area contributed by atoms with E-state index in [4.69, 9.17) is 4.99 Å². The van der Waals surface area contributed by atoms with Crippen LogP contribution in [0.1, 0.15) is 34.1 Å². The quantitative estimate of drug-likeness (QED) is 0.742. The summed E-state index contributed by atoms with van der Waals surface area (Å²) in [5.74, 6) is 4.28. The van der Waals surface area contributed by atoms with E-state index in [1.54, 1.807) is 0 Å². The summed E-state index contributed by atoms with van der Waals surface area (Å²) in [7, 11) is 0. The highest BCUT2D eigenvalue weighted by atomic mass is 32.2. The maximum atomic E-state index is 4.72. The predicted molar refractivity (Wildman–Crippen MR) is 78.7 cm³/mol. The molecular formula is C12H24N2S2. The number of hydrogen-bond donors (Lipinski definition) is 1. The van der Waals surface area contributed by atoms with Crippen molar-refractivity contribution in [3.8, 4) is 0 Å². The Hall–Kier alpha value is 0.170. The molecular weight excluding hydrogens is 236 g/mol. The van der Waals surface area contributed by atoms with E-state index in [0.29, 0.717) is 18.0 Å². The fraction of sp³-hybridized carbons (Fsp3) is 0.917. The molecule has 2 unspecified atom stereocenters. The molecule has 0 amide bonds.